The fourth-order valence-corrected chi connectivity index (χ4v) is 12.4. The number of ketones is 1. The number of methoxy groups -OCH3 is 1. The van der Waals surface area contributed by atoms with Gasteiger partial charge >= 0.3 is 11.9 Å². The minimum Gasteiger partial charge on any atom is -0.466 e. The Labute approximate surface area is 301 Å². The van der Waals surface area contributed by atoms with Crippen molar-refractivity contribution in [2.24, 2.45) is 5.92 Å². The largest absolute Gasteiger partial charge is 0.466 e. The zero-order valence-corrected chi connectivity index (χ0v) is 35.8. The summed E-state index contributed by atoms with van der Waals surface area (Å²) >= 11 is 0. The van der Waals surface area contributed by atoms with E-state index >= 15 is 0 Å². The van der Waals surface area contributed by atoms with Crippen molar-refractivity contribution in [2.75, 3.05) is 20.3 Å². The Balaban J connectivity index is 6.05. The van der Waals surface area contributed by atoms with Crippen molar-refractivity contribution in [1.82, 2.24) is 0 Å². The third-order valence-corrected chi connectivity index (χ3v) is 20.5. The number of esters is 2. The maximum absolute atomic E-state index is 13.5. The van der Waals surface area contributed by atoms with Crippen molar-refractivity contribution in [3.8, 4) is 0 Å². The number of ether oxygens (including phenoxy) is 2. The first-order chi connectivity index (χ1) is 22.5. The third-order valence-electron chi connectivity index (χ3n) is 9.86. The molecule has 280 valence electrons. The Kier molecular flexibility index (Phi) is 20.7. The van der Waals surface area contributed by atoms with Gasteiger partial charge in [0.15, 0.2) is 14.1 Å². The van der Waals surface area contributed by atoms with Gasteiger partial charge in [0.1, 0.15) is 6.61 Å². The highest BCUT2D eigenvalue weighted by Gasteiger charge is 2.47. The van der Waals surface area contributed by atoms with Gasteiger partial charge in [0.05, 0.1) is 18.8 Å². The molecule has 0 spiro atoms. The molecule has 0 aromatic heterocycles. The lowest BCUT2D eigenvalue weighted by Crippen LogP contribution is -2.51. The van der Waals surface area contributed by atoms with Gasteiger partial charge in [-0.3, -0.25) is 9.59 Å². The number of hydrogen-bond donors (Lipinski definition) is 0. The van der Waals surface area contributed by atoms with E-state index in [0.717, 1.165) is 31.4 Å². The number of rotatable bonds is 21. The van der Waals surface area contributed by atoms with Gasteiger partial charge in [-0.25, -0.2) is 4.79 Å². The Bertz CT molecular complexity index is 1190. The molecule has 0 fully saturated rings. The summed E-state index contributed by atoms with van der Waals surface area (Å²) < 4.78 is 23.2. The van der Waals surface area contributed by atoms with E-state index in [2.05, 4.69) is 107 Å². The minimum absolute atomic E-state index is 0.125. The minimum atomic E-state index is -2.33. The van der Waals surface area contributed by atoms with Gasteiger partial charge in [-0.2, -0.15) is 0 Å². The summed E-state index contributed by atoms with van der Waals surface area (Å²) in [5, 5.41) is 0.224. The highest BCUT2D eigenvalue weighted by molar-refractivity contribution is 6.77. The predicted octanol–water partition coefficient (Wildman–Crippen LogP) is 10.6. The van der Waals surface area contributed by atoms with E-state index in [4.69, 9.17) is 18.3 Å². The zero-order chi connectivity index (χ0) is 38.2. The molecule has 0 aromatic carbocycles. The highest BCUT2D eigenvalue weighted by Crippen LogP contribution is 2.44. The maximum atomic E-state index is 13.5. The molecule has 0 aliphatic heterocycles. The lowest BCUT2D eigenvalue weighted by atomic mass is 9.98. The summed E-state index contributed by atoms with van der Waals surface area (Å²) in [5.74, 6) is -1.73. The molecule has 0 amide bonds. The fraction of sp³-hybridized carbons (Fsp3) is 0.675. The summed E-state index contributed by atoms with van der Waals surface area (Å²) in [4.78, 5) is 36.9. The normalized spacial score (nSPS) is 15.5. The lowest BCUT2D eigenvalue weighted by molar-refractivity contribution is -0.142. The highest BCUT2D eigenvalue weighted by atomic mass is 28.4. The van der Waals surface area contributed by atoms with Crippen LogP contribution in [0.1, 0.15) is 109 Å². The molecular formula is C40H70O7Si2. The fourth-order valence-electron chi connectivity index (χ4n) is 5.77. The molecule has 0 aliphatic carbocycles. The molecule has 0 bridgehead atoms. The predicted molar refractivity (Wildman–Crippen MR) is 210 cm³/mol. The van der Waals surface area contributed by atoms with Crippen molar-refractivity contribution < 1.29 is 32.7 Å². The molecule has 0 N–H and O–H groups in total. The molecule has 0 radical (unpaired) electrons. The summed E-state index contributed by atoms with van der Waals surface area (Å²) in [5.41, 5.74) is 3.66. The summed E-state index contributed by atoms with van der Waals surface area (Å²) in [6.07, 6.45) is 15.4. The standard InChI is InChI=1S/C40H70O7Si2/c1-29(2)49(30(3)4,31(5)6)47-38(34(9)37(42)24-18-23-36(39(43)44-14)28-45-35(10)41)26-25-33(8)21-17-20-32(7)22-19-27-46-48(15,16)40(11,12)13/h18,20-21,23-26,29-31,34,38H,17,19,22,27-28H2,1-16H3/b24-18+,26-25+,32-20+,33-21+,36-23+/t34-,38-/m1/s1. The molecule has 0 heterocycles. The van der Waals surface area contributed by atoms with Crippen LogP contribution < -0.4 is 0 Å². The van der Waals surface area contributed by atoms with Crippen LogP contribution in [0.5, 0.6) is 0 Å². The number of carbonyl (C=O) groups excluding carboxylic acids is 3. The average Bonchev–Trinajstić information content (AvgIpc) is 2.98. The second-order valence-corrected chi connectivity index (χ2v) is 25.9. The van der Waals surface area contributed by atoms with E-state index in [-0.39, 0.29) is 23.0 Å². The van der Waals surface area contributed by atoms with Crippen LogP contribution in [-0.2, 0) is 32.7 Å². The van der Waals surface area contributed by atoms with Crippen LogP contribution in [0.2, 0.25) is 34.8 Å². The van der Waals surface area contributed by atoms with Crippen molar-refractivity contribution in [2.45, 2.75) is 150 Å². The molecule has 0 saturated carbocycles. The van der Waals surface area contributed by atoms with Crippen LogP contribution in [0.4, 0.5) is 0 Å². The maximum Gasteiger partial charge on any atom is 0.337 e. The average molecular weight is 719 g/mol. The Morgan fingerprint density at radius 3 is 1.90 bits per heavy atom. The molecule has 0 unspecified atom stereocenters. The monoisotopic (exact) mass is 718 g/mol. The molecule has 0 rings (SSSR count). The van der Waals surface area contributed by atoms with Gasteiger partial charge in [0, 0.05) is 19.4 Å². The van der Waals surface area contributed by atoms with Gasteiger partial charge in [0.25, 0.3) is 0 Å². The quantitative estimate of drug-likeness (QED) is 0.0291. The van der Waals surface area contributed by atoms with Crippen molar-refractivity contribution in [1.29, 1.82) is 0 Å². The lowest BCUT2D eigenvalue weighted by Gasteiger charge is -2.45. The van der Waals surface area contributed by atoms with Gasteiger partial charge in [-0.05, 0) is 80.0 Å². The Morgan fingerprint density at radius 1 is 0.837 bits per heavy atom. The van der Waals surface area contributed by atoms with Crippen molar-refractivity contribution in [3.05, 3.63) is 59.3 Å². The van der Waals surface area contributed by atoms with Crippen molar-refractivity contribution >= 4 is 34.4 Å². The Morgan fingerprint density at radius 2 is 1.41 bits per heavy atom. The van der Waals surface area contributed by atoms with E-state index in [1.807, 2.05) is 13.0 Å². The number of allylic oxidation sites excluding steroid dienone is 8. The van der Waals surface area contributed by atoms with Gasteiger partial charge < -0.3 is 18.3 Å². The summed E-state index contributed by atoms with van der Waals surface area (Å²) in [6.45, 7) is 32.8. The Hall–Kier alpha value is -2.34. The van der Waals surface area contributed by atoms with E-state index in [9.17, 15) is 14.4 Å². The second kappa shape index (κ2) is 21.8. The summed E-state index contributed by atoms with van der Waals surface area (Å²) in [6, 6.07) is 0. The topological polar surface area (TPSA) is 88.1 Å². The molecule has 9 heteroatoms. The first-order valence-electron chi connectivity index (χ1n) is 18.0. The van der Waals surface area contributed by atoms with Crippen LogP contribution >= 0.6 is 0 Å². The van der Waals surface area contributed by atoms with Crippen LogP contribution in [0, 0.1) is 5.92 Å². The van der Waals surface area contributed by atoms with Gasteiger partial charge in [-0.15, -0.1) is 0 Å². The molecule has 0 saturated heterocycles. The van der Waals surface area contributed by atoms with Gasteiger partial charge in [0.2, 0.25) is 8.32 Å². The van der Waals surface area contributed by atoms with E-state index in [0.29, 0.717) is 16.6 Å². The van der Waals surface area contributed by atoms with Gasteiger partial charge in [-0.1, -0.05) is 111 Å². The summed E-state index contributed by atoms with van der Waals surface area (Å²) in [7, 11) is -2.79. The first kappa shape index (κ1) is 46.7. The molecule has 0 aliphatic rings. The van der Waals surface area contributed by atoms with E-state index in [1.54, 1.807) is 0 Å². The molecule has 49 heavy (non-hydrogen) atoms. The van der Waals surface area contributed by atoms with Crippen molar-refractivity contribution in [3.63, 3.8) is 0 Å². The van der Waals surface area contributed by atoms with Crippen LogP contribution in [0.15, 0.2) is 59.3 Å². The molecule has 0 aromatic rings. The van der Waals surface area contributed by atoms with E-state index < -0.39 is 40.6 Å². The molecule has 7 nitrogen and oxygen atoms in total. The van der Waals surface area contributed by atoms with E-state index in [1.165, 1.54) is 37.8 Å². The first-order valence-corrected chi connectivity index (χ1v) is 23.0. The molecule has 2 atom stereocenters. The van der Waals surface area contributed by atoms with Crippen LogP contribution in [0.3, 0.4) is 0 Å². The smallest absolute Gasteiger partial charge is 0.337 e. The van der Waals surface area contributed by atoms with Crippen LogP contribution in [-0.4, -0.2) is 60.8 Å². The SMILES string of the molecule is COC(=O)/C(=C/C=C/C(=O)[C@@H](C)[C@@H](/C=C/C(C)=C/C/C=C(\C)CCCO[Si](C)(C)C(C)(C)C)O[Si](C(C)C)(C(C)C)C(C)C)COC(C)=O. The molecular weight excluding hydrogens is 649 g/mol. The third kappa shape index (κ3) is 16.0. The number of carbonyl (C=O) groups is 3. The second-order valence-electron chi connectivity index (χ2n) is 15.7. The zero-order valence-electron chi connectivity index (χ0n) is 33.8. The number of hydrogen-bond acceptors (Lipinski definition) is 7. The van der Waals surface area contributed by atoms with Crippen LogP contribution in [0.25, 0.3) is 0 Å².